The van der Waals surface area contributed by atoms with Gasteiger partial charge in [0.1, 0.15) is 0 Å². The molecule has 0 aromatic rings. The Bertz CT molecular complexity index is 244. The highest BCUT2D eigenvalue weighted by Gasteiger charge is 2.58. The smallest absolute Gasteiger partial charge is 0.244 e. The maximum Gasteiger partial charge on any atom is 0.244 e. The molecule has 2 fully saturated rings. The molecule has 14 heavy (non-hydrogen) atoms. The number of hydrogen-bond donors (Lipinski definition) is 1. The van der Waals surface area contributed by atoms with Gasteiger partial charge in [0, 0.05) is 6.04 Å². The van der Waals surface area contributed by atoms with Gasteiger partial charge >= 0.3 is 0 Å². The number of nitrogens with zero attached hydrogens (tertiary/aromatic N) is 1. The average molecular weight is 196 g/mol. The molecule has 80 valence electrons. The van der Waals surface area contributed by atoms with Gasteiger partial charge in [0.2, 0.25) is 5.91 Å². The molecule has 0 aromatic carbocycles. The molecule has 0 aromatic heterocycles. The first kappa shape index (κ1) is 9.97. The van der Waals surface area contributed by atoms with Gasteiger partial charge in [-0.1, -0.05) is 13.8 Å². The lowest BCUT2D eigenvalue weighted by molar-refractivity contribution is -0.132. The molecular weight excluding hydrogens is 176 g/mol. The van der Waals surface area contributed by atoms with Crippen LogP contribution in [0.5, 0.6) is 0 Å². The zero-order chi connectivity index (χ0) is 10.3. The third kappa shape index (κ3) is 1.26. The molecule has 1 N–H and O–H groups in total. The Balaban J connectivity index is 2.14. The van der Waals surface area contributed by atoms with Crippen LogP contribution in [-0.4, -0.2) is 28.6 Å². The van der Waals surface area contributed by atoms with E-state index in [0.717, 1.165) is 25.7 Å². The zero-order valence-corrected chi connectivity index (χ0v) is 9.34. The summed E-state index contributed by atoms with van der Waals surface area (Å²) in [6.45, 7) is 6.42. The average Bonchev–Trinajstić information content (AvgIpc) is 2.89. The summed E-state index contributed by atoms with van der Waals surface area (Å²) in [6, 6.07) is 0.421. The van der Waals surface area contributed by atoms with E-state index >= 15 is 0 Å². The molecule has 1 saturated carbocycles. The van der Waals surface area contributed by atoms with Crippen LogP contribution in [0, 0.1) is 0 Å². The van der Waals surface area contributed by atoms with Crippen LogP contribution in [0.1, 0.15) is 46.5 Å². The second-order valence-corrected chi connectivity index (χ2v) is 4.59. The highest BCUT2D eigenvalue weighted by molar-refractivity contribution is 5.92. The first-order valence-electron chi connectivity index (χ1n) is 5.75. The molecular formula is C11H20N2O. The van der Waals surface area contributed by atoms with E-state index in [1.807, 2.05) is 0 Å². The Morgan fingerprint density at radius 1 is 1.50 bits per heavy atom. The minimum absolute atomic E-state index is 0.137. The van der Waals surface area contributed by atoms with Gasteiger partial charge in [-0.05, 0) is 32.6 Å². The van der Waals surface area contributed by atoms with E-state index in [0.29, 0.717) is 11.9 Å². The number of hydrogen-bond acceptors (Lipinski definition) is 2. The fourth-order valence-corrected chi connectivity index (χ4v) is 2.60. The van der Waals surface area contributed by atoms with Crippen molar-refractivity contribution in [2.45, 2.75) is 64.2 Å². The monoisotopic (exact) mass is 196 g/mol. The Kier molecular flexibility index (Phi) is 2.30. The predicted octanol–water partition coefficient (Wildman–Crippen LogP) is 1.49. The predicted molar refractivity (Wildman–Crippen MR) is 55.8 cm³/mol. The first-order chi connectivity index (χ1) is 6.64. The summed E-state index contributed by atoms with van der Waals surface area (Å²) in [5, 5.41) is 3.43. The second-order valence-electron chi connectivity index (χ2n) is 4.59. The molecule has 1 spiro atoms. The van der Waals surface area contributed by atoms with Crippen LogP contribution in [0.15, 0.2) is 0 Å². The van der Waals surface area contributed by atoms with Crippen LogP contribution in [0.25, 0.3) is 0 Å². The topological polar surface area (TPSA) is 32.3 Å². The van der Waals surface area contributed by atoms with Crippen LogP contribution < -0.4 is 5.32 Å². The van der Waals surface area contributed by atoms with Crippen molar-refractivity contribution in [2.75, 3.05) is 0 Å². The fraction of sp³-hybridized carbons (Fsp3) is 0.909. The van der Waals surface area contributed by atoms with Gasteiger partial charge in [-0.2, -0.15) is 0 Å². The summed E-state index contributed by atoms with van der Waals surface area (Å²) in [5.74, 6) is 0.346. The summed E-state index contributed by atoms with van der Waals surface area (Å²) in [4.78, 5) is 14.2. The normalized spacial score (nSPS) is 29.3. The summed E-state index contributed by atoms with van der Waals surface area (Å²) in [5.41, 5.74) is -0.137. The highest BCUT2D eigenvalue weighted by atomic mass is 16.2. The van der Waals surface area contributed by atoms with Crippen molar-refractivity contribution in [3.8, 4) is 0 Å². The lowest BCUT2D eigenvalue weighted by Crippen LogP contribution is -2.42. The molecule has 1 aliphatic carbocycles. The van der Waals surface area contributed by atoms with Gasteiger partial charge in [0.25, 0.3) is 0 Å². The Hall–Kier alpha value is -0.570. The standard InChI is InChI=1S/C11H20N2O/c1-4-9(5-2)13-8(3)12-11(6-7-11)10(13)14/h8-9,12H,4-7H2,1-3H3. The van der Waals surface area contributed by atoms with E-state index in [1.165, 1.54) is 0 Å². The van der Waals surface area contributed by atoms with E-state index in [9.17, 15) is 4.79 Å². The zero-order valence-electron chi connectivity index (χ0n) is 9.34. The van der Waals surface area contributed by atoms with Crippen LogP contribution >= 0.6 is 0 Å². The third-order valence-corrected chi connectivity index (χ3v) is 3.63. The Labute approximate surface area is 85.8 Å². The molecule has 3 heteroatoms. The first-order valence-corrected chi connectivity index (χ1v) is 5.75. The maximum atomic E-state index is 12.1. The van der Waals surface area contributed by atoms with E-state index in [1.54, 1.807) is 0 Å². The number of amides is 1. The Morgan fingerprint density at radius 2 is 2.07 bits per heavy atom. The lowest BCUT2D eigenvalue weighted by atomic mass is 10.1. The largest absolute Gasteiger partial charge is 0.323 e. The van der Waals surface area contributed by atoms with Crippen molar-refractivity contribution in [3.05, 3.63) is 0 Å². The summed E-state index contributed by atoms with van der Waals surface area (Å²) < 4.78 is 0. The van der Waals surface area contributed by atoms with Crippen molar-refractivity contribution in [3.63, 3.8) is 0 Å². The van der Waals surface area contributed by atoms with Crippen LogP contribution in [0.4, 0.5) is 0 Å². The van der Waals surface area contributed by atoms with Gasteiger partial charge in [0.05, 0.1) is 11.7 Å². The SMILES string of the molecule is CCC(CC)N1C(=O)C2(CC2)NC1C. The van der Waals surface area contributed by atoms with Gasteiger partial charge in [-0.25, -0.2) is 0 Å². The number of carbonyl (C=O) groups is 1. The van der Waals surface area contributed by atoms with Crippen molar-refractivity contribution in [1.29, 1.82) is 0 Å². The third-order valence-electron chi connectivity index (χ3n) is 3.63. The minimum atomic E-state index is -0.137. The van der Waals surface area contributed by atoms with Crippen LogP contribution in [0.3, 0.4) is 0 Å². The van der Waals surface area contributed by atoms with E-state index in [-0.39, 0.29) is 11.7 Å². The molecule has 2 aliphatic rings. The van der Waals surface area contributed by atoms with Crippen molar-refractivity contribution in [2.24, 2.45) is 0 Å². The molecule has 0 radical (unpaired) electrons. The van der Waals surface area contributed by atoms with Gasteiger partial charge < -0.3 is 4.90 Å². The second kappa shape index (κ2) is 3.23. The number of rotatable bonds is 3. The summed E-state index contributed by atoms with van der Waals surface area (Å²) in [6.07, 6.45) is 4.42. The van der Waals surface area contributed by atoms with Crippen molar-refractivity contribution < 1.29 is 4.79 Å². The quantitative estimate of drug-likeness (QED) is 0.741. The van der Waals surface area contributed by atoms with E-state index in [2.05, 4.69) is 31.0 Å². The molecule has 3 nitrogen and oxygen atoms in total. The highest BCUT2D eigenvalue weighted by Crippen LogP contribution is 2.43. The van der Waals surface area contributed by atoms with Crippen LogP contribution in [0.2, 0.25) is 0 Å². The fourth-order valence-electron chi connectivity index (χ4n) is 2.60. The van der Waals surface area contributed by atoms with Crippen LogP contribution in [-0.2, 0) is 4.79 Å². The van der Waals surface area contributed by atoms with Gasteiger partial charge in [-0.15, -0.1) is 0 Å². The molecule has 1 aliphatic heterocycles. The van der Waals surface area contributed by atoms with Gasteiger partial charge in [-0.3, -0.25) is 10.1 Å². The molecule has 1 atom stereocenters. The molecule has 2 rings (SSSR count). The Morgan fingerprint density at radius 3 is 2.43 bits per heavy atom. The maximum absolute atomic E-state index is 12.1. The van der Waals surface area contributed by atoms with Gasteiger partial charge in [0.15, 0.2) is 0 Å². The van der Waals surface area contributed by atoms with E-state index < -0.39 is 0 Å². The number of nitrogens with one attached hydrogen (secondary N) is 1. The lowest BCUT2D eigenvalue weighted by Gasteiger charge is -2.29. The molecule has 1 heterocycles. The van der Waals surface area contributed by atoms with Crippen molar-refractivity contribution >= 4 is 5.91 Å². The summed E-state index contributed by atoms with van der Waals surface area (Å²) in [7, 11) is 0. The molecule has 0 bridgehead atoms. The number of carbonyl (C=O) groups excluding carboxylic acids is 1. The summed E-state index contributed by atoms with van der Waals surface area (Å²) >= 11 is 0. The minimum Gasteiger partial charge on any atom is -0.323 e. The van der Waals surface area contributed by atoms with Crippen molar-refractivity contribution in [1.82, 2.24) is 10.2 Å². The molecule has 1 saturated heterocycles. The molecule has 1 unspecified atom stereocenters. The molecule has 1 amide bonds. The van der Waals surface area contributed by atoms with E-state index in [4.69, 9.17) is 0 Å².